The SMILES string of the molecule is Cc1c(C(=O)NCc2cccc(NC(=O)CC(C)C)c2)nnn1-c1cccc(Br)c1. The number of anilines is 1. The van der Waals surface area contributed by atoms with E-state index < -0.39 is 0 Å². The first-order chi connectivity index (χ1) is 14.3. The monoisotopic (exact) mass is 469 g/mol. The van der Waals surface area contributed by atoms with E-state index in [2.05, 4.69) is 36.9 Å². The molecule has 30 heavy (non-hydrogen) atoms. The van der Waals surface area contributed by atoms with Crippen LogP contribution in [0.2, 0.25) is 0 Å². The highest BCUT2D eigenvalue weighted by Crippen LogP contribution is 2.17. The third-order valence-electron chi connectivity index (χ3n) is 4.42. The van der Waals surface area contributed by atoms with E-state index in [1.807, 2.05) is 62.4 Å². The molecule has 2 aromatic carbocycles. The minimum atomic E-state index is -0.303. The van der Waals surface area contributed by atoms with Crippen molar-refractivity contribution in [3.8, 4) is 5.69 Å². The van der Waals surface area contributed by atoms with E-state index >= 15 is 0 Å². The van der Waals surface area contributed by atoms with Crippen molar-refractivity contribution in [3.05, 3.63) is 70.0 Å². The zero-order chi connectivity index (χ0) is 21.7. The first-order valence-electron chi connectivity index (χ1n) is 9.68. The minimum absolute atomic E-state index is 0.0222. The number of benzene rings is 2. The van der Waals surface area contributed by atoms with Crippen molar-refractivity contribution in [2.75, 3.05) is 5.32 Å². The summed E-state index contributed by atoms with van der Waals surface area (Å²) in [6.45, 7) is 6.12. The van der Waals surface area contributed by atoms with E-state index in [0.717, 1.165) is 15.7 Å². The molecular weight excluding hydrogens is 446 g/mol. The number of aromatic nitrogens is 3. The molecule has 0 aliphatic carbocycles. The molecule has 1 heterocycles. The van der Waals surface area contributed by atoms with Gasteiger partial charge in [0, 0.05) is 23.1 Å². The average molecular weight is 470 g/mol. The van der Waals surface area contributed by atoms with Crippen LogP contribution in [-0.2, 0) is 11.3 Å². The molecular formula is C22H24BrN5O2. The van der Waals surface area contributed by atoms with Crippen molar-refractivity contribution < 1.29 is 9.59 Å². The second-order valence-corrected chi connectivity index (χ2v) is 8.36. The molecule has 0 aliphatic heterocycles. The summed E-state index contributed by atoms with van der Waals surface area (Å²) < 4.78 is 2.55. The van der Waals surface area contributed by atoms with Crippen molar-refractivity contribution in [2.45, 2.75) is 33.7 Å². The van der Waals surface area contributed by atoms with Gasteiger partial charge in [0.15, 0.2) is 5.69 Å². The van der Waals surface area contributed by atoms with Crippen molar-refractivity contribution in [2.24, 2.45) is 5.92 Å². The number of nitrogens with zero attached hydrogens (tertiary/aromatic N) is 3. The first-order valence-corrected chi connectivity index (χ1v) is 10.5. The van der Waals surface area contributed by atoms with Gasteiger partial charge >= 0.3 is 0 Å². The number of hydrogen-bond acceptors (Lipinski definition) is 4. The Balaban J connectivity index is 1.65. The molecule has 1 aromatic heterocycles. The Labute approximate surface area is 184 Å². The summed E-state index contributed by atoms with van der Waals surface area (Å²) in [5, 5.41) is 13.9. The molecule has 3 rings (SSSR count). The maximum atomic E-state index is 12.6. The third kappa shape index (κ3) is 5.54. The van der Waals surface area contributed by atoms with Crippen LogP contribution in [0.4, 0.5) is 5.69 Å². The zero-order valence-corrected chi connectivity index (χ0v) is 18.7. The van der Waals surface area contributed by atoms with Crippen LogP contribution in [-0.4, -0.2) is 26.8 Å². The first kappa shape index (κ1) is 21.7. The lowest BCUT2D eigenvalue weighted by atomic mass is 10.1. The Bertz CT molecular complexity index is 1060. The molecule has 7 nitrogen and oxygen atoms in total. The van der Waals surface area contributed by atoms with E-state index in [9.17, 15) is 9.59 Å². The highest BCUT2D eigenvalue weighted by molar-refractivity contribution is 9.10. The van der Waals surface area contributed by atoms with E-state index in [0.29, 0.717) is 30.3 Å². The van der Waals surface area contributed by atoms with Gasteiger partial charge in [0.2, 0.25) is 5.91 Å². The second kappa shape index (κ2) is 9.67. The van der Waals surface area contributed by atoms with Gasteiger partial charge in [0.1, 0.15) is 0 Å². The normalized spacial score (nSPS) is 10.8. The van der Waals surface area contributed by atoms with E-state index in [1.54, 1.807) is 11.6 Å². The Hall–Kier alpha value is -3.00. The summed E-state index contributed by atoms with van der Waals surface area (Å²) in [6.07, 6.45) is 0.466. The van der Waals surface area contributed by atoms with Crippen molar-refractivity contribution >= 4 is 33.4 Å². The Morgan fingerprint density at radius 2 is 1.90 bits per heavy atom. The Morgan fingerprint density at radius 1 is 1.13 bits per heavy atom. The predicted octanol–water partition coefficient (Wildman–Crippen LogP) is 4.25. The molecule has 8 heteroatoms. The van der Waals surface area contributed by atoms with Gasteiger partial charge in [-0.1, -0.05) is 53.2 Å². The molecule has 156 valence electrons. The Morgan fingerprint density at radius 3 is 2.63 bits per heavy atom. The molecule has 0 bridgehead atoms. The molecule has 3 aromatic rings. The molecule has 0 unspecified atom stereocenters. The van der Waals surface area contributed by atoms with Crippen LogP contribution in [0.3, 0.4) is 0 Å². The highest BCUT2D eigenvalue weighted by Gasteiger charge is 2.17. The van der Waals surface area contributed by atoms with Crippen LogP contribution < -0.4 is 10.6 Å². The number of amides is 2. The zero-order valence-electron chi connectivity index (χ0n) is 17.1. The summed E-state index contributed by atoms with van der Waals surface area (Å²) in [7, 11) is 0. The van der Waals surface area contributed by atoms with Gasteiger partial charge in [-0.2, -0.15) is 0 Å². The number of rotatable bonds is 7. The number of halogens is 1. The van der Waals surface area contributed by atoms with Crippen LogP contribution in [0.25, 0.3) is 5.69 Å². The van der Waals surface area contributed by atoms with Crippen LogP contribution >= 0.6 is 15.9 Å². The molecule has 0 spiro atoms. The van der Waals surface area contributed by atoms with Crippen molar-refractivity contribution in [1.82, 2.24) is 20.3 Å². The fraction of sp³-hybridized carbons (Fsp3) is 0.273. The fourth-order valence-corrected chi connectivity index (χ4v) is 3.39. The summed E-state index contributed by atoms with van der Waals surface area (Å²) in [5.74, 6) is -0.0323. The molecule has 2 amide bonds. The van der Waals surface area contributed by atoms with Crippen LogP contribution in [0.1, 0.15) is 42.0 Å². The lowest BCUT2D eigenvalue weighted by molar-refractivity contribution is -0.116. The van der Waals surface area contributed by atoms with Gasteiger partial charge in [-0.25, -0.2) is 4.68 Å². The molecule has 2 N–H and O–H groups in total. The summed E-state index contributed by atoms with van der Waals surface area (Å²) >= 11 is 3.44. The molecule has 0 fully saturated rings. The molecule has 0 atom stereocenters. The minimum Gasteiger partial charge on any atom is -0.347 e. The smallest absolute Gasteiger partial charge is 0.274 e. The second-order valence-electron chi connectivity index (χ2n) is 7.44. The lowest BCUT2D eigenvalue weighted by Crippen LogP contribution is -2.24. The summed E-state index contributed by atoms with van der Waals surface area (Å²) in [5.41, 5.74) is 3.34. The van der Waals surface area contributed by atoms with Crippen LogP contribution in [0.15, 0.2) is 53.0 Å². The standard InChI is InChI=1S/C22H24BrN5O2/c1-14(2)10-20(29)25-18-8-4-6-16(11-18)13-24-22(30)21-15(3)28(27-26-21)19-9-5-7-17(23)12-19/h4-9,11-12,14H,10,13H2,1-3H3,(H,24,30)(H,25,29). The van der Waals surface area contributed by atoms with Crippen LogP contribution in [0.5, 0.6) is 0 Å². The average Bonchev–Trinajstić information content (AvgIpc) is 3.07. The predicted molar refractivity (Wildman–Crippen MR) is 119 cm³/mol. The van der Waals surface area contributed by atoms with E-state index in [1.165, 1.54) is 0 Å². The summed E-state index contributed by atoms with van der Waals surface area (Å²) in [6, 6.07) is 15.0. The fourth-order valence-electron chi connectivity index (χ4n) is 3.00. The third-order valence-corrected chi connectivity index (χ3v) is 4.91. The maximum absolute atomic E-state index is 12.6. The van der Waals surface area contributed by atoms with Crippen molar-refractivity contribution in [1.29, 1.82) is 0 Å². The van der Waals surface area contributed by atoms with Crippen LogP contribution in [0, 0.1) is 12.8 Å². The van der Waals surface area contributed by atoms with Gasteiger partial charge in [-0.3, -0.25) is 9.59 Å². The largest absolute Gasteiger partial charge is 0.347 e. The van der Waals surface area contributed by atoms with Gasteiger partial charge < -0.3 is 10.6 Å². The lowest BCUT2D eigenvalue weighted by Gasteiger charge is -2.09. The van der Waals surface area contributed by atoms with E-state index in [-0.39, 0.29) is 17.5 Å². The number of carbonyl (C=O) groups is 2. The Kier molecular flexibility index (Phi) is 6.99. The van der Waals surface area contributed by atoms with Gasteiger partial charge in [-0.05, 0) is 48.7 Å². The maximum Gasteiger partial charge on any atom is 0.274 e. The van der Waals surface area contributed by atoms with Gasteiger partial charge in [0.05, 0.1) is 11.4 Å². The van der Waals surface area contributed by atoms with Gasteiger partial charge in [0.25, 0.3) is 5.91 Å². The highest BCUT2D eigenvalue weighted by atomic mass is 79.9. The molecule has 0 saturated carbocycles. The topological polar surface area (TPSA) is 88.9 Å². The van der Waals surface area contributed by atoms with Crippen molar-refractivity contribution in [3.63, 3.8) is 0 Å². The quantitative estimate of drug-likeness (QED) is 0.540. The number of nitrogens with one attached hydrogen (secondary N) is 2. The summed E-state index contributed by atoms with van der Waals surface area (Å²) in [4.78, 5) is 24.6. The van der Waals surface area contributed by atoms with Gasteiger partial charge in [-0.15, -0.1) is 5.10 Å². The number of carbonyl (C=O) groups excluding carboxylic acids is 2. The number of hydrogen-bond donors (Lipinski definition) is 2. The van der Waals surface area contributed by atoms with E-state index in [4.69, 9.17) is 0 Å². The molecule has 0 saturated heterocycles. The molecule has 0 radical (unpaired) electrons. The molecule has 0 aliphatic rings.